The molecular formula is C21H25N3O3S. The van der Waals surface area contributed by atoms with Crippen molar-refractivity contribution in [2.24, 2.45) is 0 Å². The minimum Gasteiger partial charge on any atom is -0.494 e. The highest BCUT2D eigenvalue weighted by atomic mass is 32.2. The van der Waals surface area contributed by atoms with Crippen LogP contribution in [0.4, 0.5) is 5.69 Å². The first-order chi connectivity index (χ1) is 13.7. The van der Waals surface area contributed by atoms with Gasteiger partial charge in [-0.2, -0.15) is 11.8 Å². The normalized spacial score (nSPS) is 10.8. The van der Waals surface area contributed by atoms with Crippen LogP contribution in [0.25, 0.3) is 11.0 Å². The van der Waals surface area contributed by atoms with Gasteiger partial charge in [-0.1, -0.05) is 12.1 Å². The monoisotopic (exact) mass is 399 g/mol. The average molecular weight is 400 g/mol. The van der Waals surface area contributed by atoms with E-state index in [2.05, 4.69) is 10.3 Å². The summed E-state index contributed by atoms with van der Waals surface area (Å²) >= 11 is 1.68. The van der Waals surface area contributed by atoms with Crippen molar-refractivity contribution in [3.63, 3.8) is 0 Å². The quantitative estimate of drug-likeness (QED) is 0.580. The van der Waals surface area contributed by atoms with Crippen LogP contribution in [0.5, 0.6) is 11.5 Å². The molecule has 0 aliphatic heterocycles. The number of fused-ring (bicyclic) bond motifs is 1. The SMILES string of the molecule is CCOc1ccc(OCC)c(NC(=O)Cn2c(CSC)nc3ccccc32)c1. The van der Waals surface area contributed by atoms with Crippen molar-refractivity contribution in [3.8, 4) is 11.5 Å². The van der Waals surface area contributed by atoms with Gasteiger partial charge >= 0.3 is 0 Å². The standard InChI is InChI=1S/C21H25N3O3S/c1-4-26-15-10-11-19(27-5-2)17(12-15)23-21(25)13-24-18-9-7-6-8-16(18)22-20(24)14-28-3/h6-12H,4-5,13-14H2,1-3H3,(H,23,25). The summed E-state index contributed by atoms with van der Waals surface area (Å²) in [6.07, 6.45) is 2.03. The number of ether oxygens (including phenoxy) is 2. The number of carbonyl (C=O) groups excluding carboxylic acids is 1. The third-order valence-electron chi connectivity index (χ3n) is 4.14. The van der Waals surface area contributed by atoms with Crippen LogP contribution in [-0.2, 0) is 17.1 Å². The lowest BCUT2D eigenvalue weighted by atomic mass is 10.2. The molecule has 1 aromatic heterocycles. The molecule has 0 atom stereocenters. The molecule has 0 unspecified atom stereocenters. The van der Waals surface area contributed by atoms with Crippen LogP contribution in [0.3, 0.4) is 0 Å². The molecule has 28 heavy (non-hydrogen) atoms. The van der Waals surface area contributed by atoms with Crippen LogP contribution in [0.2, 0.25) is 0 Å². The Labute approximate surface area is 169 Å². The van der Waals surface area contributed by atoms with Gasteiger partial charge in [0, 0.05) is 6.07 Å². The second kappa shape index (κ2) is 9.50. The molecule has 0 saturated carbocycles. The number of nitrogens with one attached hydrogen (secondary N) is 1. The first kappa shape index (κ1) is 20.1. The summed E-state index contributed by atoms with van der Waals surface area (Å²) in [6, 6.07) is 13.3. The summed E-state index contributed by atoms with van der Waals surface area (Å²) in [6.45, 7) is 5.09. The molecule has 1 N–H and O–H groups in total. The maximum atomic E-state index is 12.8. The molecule has 0 aliphatic carbocycles. The highest BCUT2D eigenvalue weighted by Crippen LogP contribution is 2.29. The van der Waals surface area contributed by atoms with Crippen molar-refractivity contribution < 1.29 is 14.3 Å². The molecule has 1 amide bonds. The van der Waals surface area contributed by atoms with E-state index in [9.17, 15) is 4.79 Å². The van der Waals surface area contributed by atoms with Gasteiger partial charge in [0.15, 0.2) is 0 Å². The van der Waals surface area contributed by atoms with Crippen molar-refractivity contribution in [1.82, 2.24) is 9.55 Å². The highest BCUT2D eigenvalue weighted by Gasteiger charge is 2.15. The zero-order chi connectivity index (χ0) is 19.9. The number of hydrogen-bond acceptors (Lipinski definition) is 5. The van der Waals surface area contributed by atoms with E-state index in [0.29, 0.717) is 30.4 Å². The molecule has 6 nitrogen and oxygen atoms in total. The summed E-state index contributed by atoms with van der Waals surface area (Å²) in [5.41, 5.74) is 2.45. The van der Waals surface area contributed by atoms with Crippen LogP contribution in [0.15, 0.2) is 42.5 Å². The lowest BCUT2D eigenvalue weighted by Gasteiger charge is -2.14. The first-order valence-electron chi connectivity index (χ1n) is 9.28. The van der Waals surface area contributed by atoms with Crippen LogP contribution in [-0.4, -0.2) is 34.9 Å². The van der Waals surface area contributed by atoms with Crippen molar-refractivity contribution in [3.05, 3.63) is 48.3 Å². The molecule has 7 heteroatoms. The third-order valence-corrected chi connectivity index (χ3v) is 4.69. The highest BCUT2D eigenvalue weighted by molar-refractivity contribution is 7.97. The van der Waals surface area contributed by atoms with Crippen molar-refractivity contribution in [1.29, 1.82) is 0 Å². The zero-order valence-electron chi connectivity index (χ0n) is 16.4. The molecule has 3 aromatic rings. The number of amides is 1. The smallest absolute Gasteiger partial charge is 0.244 e. The van der Waals surface area contributed by atoms with Gasteiger partial charge in [0.05, 0.1) is 35.7 Å². The number of carbonyl (C=O) groups is 1. The number of anilines is 1. The number of imidazole rings is 1. The maximum Gasteiger partial charge on any atom is 0.244 e. The predicted octanol–water partition coefficient (Wildman–Crippen LogP) is 4.34. The molecule has 0 spiro atoms. The van der Waals surface area contributed by atoms with E-state index in [1.165, 1.54) is 0 Å². The number of benzene rings is 2. The van der Waals surface area contributed by atoms with Gasteiger partial charge in [-0.05, 0) is 44.4 Å². The Morgan fingerprint density at radius 2 is 1.93 bits per heavy atom. The Bertz CT molecular complexity index is 955. The van der Waals surface area contributed by atoms with Crippen molar-refractivity contribution in [2.45, 2.75) is 26.1 Å². The molecule has 0 fully saturated rings. The summed E-state index contributed by atoms with van der Waals surface area (Å²) in [4.78, 5) is 17.5. The number of aromatic nitrogens is 2. The number of hydrogen-bond donors (Lipinski definition) is 1. The van der Waals surface area contributed by atoms with E-state index in [-0.39, 0.29) is 12.5 Å². The summed E-state index contributed by atoms with van der Waals surface area (Å²) < 4.78 is 13.2. The van der Waals surface area contributed by atoms with Crippen LogP contribution < -0.4 is 14.8 Å². The summed E-state index contributed by atoms with van der Waals surface area (Å²) in [7, 11) is 0. The topological polar surface area (TPSA) is 65.4 Å². The second-order valence-electron chi connectivity index (χ2n) is 6.11. The fourth-order valence-corrected chi connectivity index (χ4v) is 3.50. The van der Waals surface area contributed by atoms with E-state index in [0.717, 1.165) is 22.6 Å². The average Bonchev–Trinajstić information content (AvgIpc) is 3.02. The minimum atomic E-state index is -0.139. The van der Waals surface area contributed by atoms with E-state index in [1.807, 2.05) is 61.1 Å². The summed E-state index contributed by atoms with van der Waals surface area (Å²) in [5, 5.41) is 2.97. The van der Waals surface area contributed by atoms with E-state index < -0.39 is 0 Å². The molecule has 3 rings (SSSR count). The Kier molecular flexibility index (Phi) is 6.81. The van der Waals surface area contributed by atoms with Crippen LogP contribution >= 0.6 is 11.8 Å². The molecule has 148 valence electrons. The van der Waals surface area contributed by atoms with Gasteiger partial charge < -0.3 is 19.4 Å². The van der Waals surface area contributed by atoms with E-state index >= 15 is 0 Å². The minimum absolute atomic E-state index is 0.139. The predicted molar refractivity (Wildman–Crippen MR) is 114 cm³/mol. The lowest BCUT2D eigenvalue weighted by molar-refractivity contribution is -0.116. The van der Waals surface area contributed by atoms with Crippen LogP contribution in [0, 0.1) is 0 Å². The van der Waals surface area contributed by atoms with E-state index in [1.54, 1.807) is 17.8 Å². The van der Waals surface area contributed by atoms with Gasteiger partial charge in [-0.3, -0.25) is 4.79 Å². The van der Waals surface area contributed by atoms with Gasteiger partial charge in [0.2, 0.25) is 5.91 Å². The number of nitrogens with zero attached hydrogens (tertiary/aromatic N) is 2. The van der Waals surface area contributed by atoms with E-state index in [4.69, 9.17) is 9.47 Å². The molecule has 0 radical (unpaired) electrons. The second-order valence-corrected chi connectivity index (χ2v) is 6.97. The Balaban J connectivity index is 1.85. The molecule has 2 aromatic carbocycles. The zero-order valence-corrected chi connectivity index (χ0v) is 17.2. The van der Waals surface area contributed by atoms with Gasteiger partial charge in [-0.15, -0.1) is 0 Å². The first-order valence-corrected chi connectivity index (χ1v) is 10.7. The van der Waals surface area contributed by atoms with Gasteiger partial charge in [0.1, 0.15) is 23.9 Å². The van der Waals surface area contributed by atoms with Gasteiger partial charge in [-0.25, -0.2) is 4.98 Å². The third kappa shape index (κ3) is 4.59. The Morgan fingerprint density at radius 3 is 2.68 bits per heavy atom. The van der Waals surface area contributed by atoms with Crippen LogP contribution in [0.1, 0.15) is 19.7 Å². The Hall–Kier alpha value is -2.67. The molecule has 1 heterocycles. The molecular weight excluding hydrogens is 374 g/mol. The summed E-state index contributed by atoms with van der Waals surface area (Å²) in [5.74, 6) is 2.81. The fraction of sp³-hybridized carbons (Fsp3) is 0.333. The maximum absolute atomic E-state index is 12.8. The van der Waals surface area contributed by atoms with Crippen molar-refractivity contribution in [2.75, 3.05) is 24.8 Å². The fourth-order valence-electron chi connectivity index (χ4n) is 3.02. The molecule has 0 saturated heterocycles. The molecule has 0 bridgehead atoms. The van der Waals surface area contributed by atoms with Crippen molar-refractivity contribution >= 4 is 34.4 Å². The number of para-hydroxylation sites is 2. The Morgan fingerprint density at radius 1 is 1.14 bits per heavy atom. The largest absolute Gasteiger partial charge is 0.494 e. The van der Waals surface area contributed by atoms with Gasteiger partial charge in [0.25, 0.3) is 0 Å². The number of rotatable bonds is 9. The molecule has 0 aliphatic rings. The lowest BCUT2D eigenvalue weighted by Crippen LogP contribution is -2.20. The number of thioether (sulfide) groups is 1.